The second kappa shape index (κ2) is 7.57. The first kappa shape index (κ1) is 17.3. The first-order chi connectivity index (χ1) is 12.0. The van der Waals surface area contributed by atoms with E-state index in [0.29, 0.717) is 36.9 Å². The number of nitrogens with one attached hydrogen (secondary N) is 1. The number of amides is 2. The van der Waals surface area contributed by atoms with Gasteiger partial charge >= 0.3 is 6.03 Å². The van der Waals surface area contributed by atoms with E-state index in [1.54, 1.807) is 23.2 Å². The zero-order chi connectivity index (χ0) is 17.8. The number of piperazine rings is 1. The topological polar surface area (TPSA) is 64.6 Å². The molecule has 3 rings (SSSR count). The van der Waals surface area contributed by atoms with Crippen LogP contribution in [0.5, 0.6) is 0 Å². The number of hydrogen-bond donors (Lipinski definition) is 1. The Balaban J connectivity index is 1.59. The Bertz CT molecular complexity index is 745. The Hall–Kier alpha value is -2.54. The summed E-state index contributed by atoms with van der Waals surface area (Å²) < 4.78 is 0. The van der Waals surface area contributed by atoms with Gasteiger partial charge in [0.25, 0.3) is 0 Å². The second-order valence-electron chi connectivity index (χ2n) is 6.05. The molecule has 0 atom stereocenters. The fourth-order valence-electron chi connectivity index (χ4n) is 2.64. The van der Waals surface area contributed by atoms with Crippen LogP contribution in [0, 0.1) is 0 Å². The Kier molecular flexibility index (Phi) is 5.23. The van der Waals surface area contributed by atoms with Crippen LogP contribution in [0.15, 0.2) is 36.5 Å². The van der Waals surface area contributed by atoms with Crippen molar-refractivity contribution >= 4 is 34.8 Å². The van der Waals surface area contributed by atoms with Crippen LogP contribution in [0.4, 0.5) is 22.0 Å². The summed E-state index contributed by atoms with van der Waals surface area (Å²) in [7, 11) is 3.94. The normalized spacial score (nSPS) is 14.4. The quantitative estimate of drug-likeness (QED) is 0.911. The van der Waals surface area contributed by atoms with Gasteiger partial charge < -0.3 is 20.0 Å². The molecule has 1 fully saturated rings. The van der Waals surface area contributed by atoms with Crippen LogP contribution in [0.1, 0.15) is 0 Å². The summed E-state index contributed by atoms with van der Waals surface area (Å²) in [5.41, 5.74) is 1.63. The van der Waals surface area contributed by atoms with Crippen LogP contribution >= 0.6 is 11.6 Å². The predicted octanol–water partition coefficient (Wildman–Crippen LogP) is 2.55. The number of carbonyl (C=O) groups is 1. The largest absolute Gasteiger partial charge is 0.376 e. The molecule has 0 unspecified atom stereocenters. The van der Waals surface area contributed by atoms with E-state index in [9.17, 15) is 4.79 Å². The number of aromatic nitrogens is 2. The van der Waals surface area contributed by atoms with Crippen LogP contribution < -0.4 is 15.1 Å². The summed E-state index contributed by atoms with van der Waals surface area (Å²) >= 11 is 6.09. The molecule has 1 aromatic carbocycles. The summed E-state index contributed by atoms with van der Waals surface area (Å²) in [6.45, 7) is 2.65. The van der Waals surface area contributed by atoms with Crippen molar-refractivity contribution in [2.75, 3.05) is 55.4 Å². The second-order valence-corrected chi connectivity index (χ2v) is 6.46. The van der Waals surface area contributed by atoms with Crippen molar-refractivity contribution in [2.24, 2.45) is 0 Å². The monoisotopic (exact) mass is 360 g/mol. The average Bonchev–Trinajstić information content (AvgIpc) is 2.64. The van der Waals surface area contributed by atoms with Crippen LogP contribution in [0.3, 0.4) is 0 Å². The molecular weight excluding hydrogens is 340 g/mol. The number of para-hydroxylation sites is 1. The van der Waals surface area contributed by atoms with Crippen LogP contribution in [0.2, 0.25) is 5.02 Å². The minimum atomic E-state index is -0.138. The van der Waals surface area contributed by atoms with Crippen molar-refractivity contribution in [3.05, 3.63) is 41.6 Å². The van der Waals surface area contributed by atoms with E-state index in [-0.39, 0.29) is 6.03 Å². The van der Waals surface area contributed by atoms with Crippen molar-refractivity contribution in [3.8, 4) is 0 Å². The van der Waals surface area contributed by atoms with Gasteiger partial charge in [0, 0.05) is 46.3 Å². The number of carbonyl (C=O) groups excluding carboxylic acids is 1. The van der Waals surface area contributed by atoms with Crippen LogP contribution in [-0.4, -0.2) is 61.4 Å². The van der Waals surface area contributed by atoms with Gasteiger partial charge in [-0.1, -0.05) is 23.7 Å². The molecule has 7 nitrogen and oxygen atoms in total. The Morgan fingerprint density at radius 1 is 1.20 bits per heavy atom. The van der Waals surface area contributed by atoms with E-state index in [0.717, 1.165) is 11.5 Å². The number of benzene rings is 1. The molecule has 8 heteroatoms. The van der Waals surface area contributed by atoms with Crippen molar-refractivity contribution in [1.29, 1.82) is 0 Å². The molecule has 0 saturated carbocycles. The number of nitrogens with zero attached hydrogens (tertiary/aromatic N) is 5. The third-order valence-electron chi connectivity index (χ3n) is 4.15. The molecule has 132 valence electrons. The Morgan fingerprint density at radius 3 is 2.60 bits per heavy atom. The first-order valence-corrected chi connectivity index (χ1v) is 8.48. The minimum Gasteiger partial charge on any atom is -0.376 e. The van der Waals surface area contributed by atoms with E-state index in [2.05, 4.69) is 20.4 Å². The maximum absolute atomic E-state index is 12.4. The molecule has 2 heterocycles. The third kappa shape index (κ3) is 4.11. The molecule has 0 spiro atoms. The van der Waals surface area contributed by atoms with Crippen LogP contribution in [0.25, 0.3) is 0 Å². The minimum absolute atomic E-state index is 0.138. The molecule has 1 saturated heterocycles. The molecule has 1 aliphatic heterocycles. The standard InChI is InChI=1S/C17H21ClN6O/c1-22(2)13-11-16(21-19-12-13)23-7-9-24(10-8-23)17(25)20-15-6-4-3-5-14(15)18/h3-6,11-12H,7-10H2,1-2H3,(H,20,25). The fourth-order valence-corrected chi connectivity index (χ4v) is 2.82. The van der Waals surface area contributed by atoms with E-state index in [4.69, 9.17) is 11.6 Å². The van der Waals surface area contributed by atoms with Crippen molar-refractivity contribution in [1.82, 2.24) is 15.1 Å². The maximum Gasteiger partial charge on any atom is 0.322 e. The summed E-state index contributed by atoms with van der Waals surface area (Å²) in [6, 6.07) is 9.09. The molecule has 0 aliphatic carbocycles. The molecule has 0 radical (unpaired) electrons. The molecule has 1 N–H and O–H groups in total. The highest BCUT2D eigenvalue weighted by Gasteiger charge is 2.22. The highest BCUT2D eigenvalue weighted by atomic mass is 35.5. The lowest BCUT2D eigenvalue weighted by Crippen LogP contribution is -2.50. The molecule has 2 aromatic rings. The molecule has 1 aliphatic rings. The van der Waals surface area contributed by atoms with Gasteiger partial charge in [-0.15, -0.1) is 5.10 Å². The van der Waals surface area contributed by atoms with Crippen molar-refractivity contribution < 1.29 is 4.79 Å². The number of rotatable bonds is 3. The van der Waals surface area contributed by atoms with E-state index < -0.39 is 0 Å². The molecule has 1 aromatic heterocycles. The van der Waals surface area contributed by atoms with Gasteiger partial charge in [0.15, 0.2) is 5.82 Å². The maximum atomic E-state index is 12.4. The van der Waals surface area contributed by atoms with Crippen LogP contribution in [-0.2, 0) is 0 Å². The first-order valence-electron chi connectivity index (χ1n) is 8.10. The zero-order valence-electron chi connectivity index (χ0n) is 14.3. The highest BCUT2D eigenvalue weighted by molar-refractivity contribution is 6.33. The summed E-state index contributed by atoms with van der Waals surface area (Å²) in [5.74, 6) is 0.831. The van der Waals surface area contributed by atoms with Crippen molar-refractivity contribution in [3.63, 3.8) is 0 Å². The van der Waals surface area contributed by atoms with E-state index in [1.165, 1.54) is 0 Å². The molecule has 25 heavy (non-hydrogen) atoms. The van der Waals surface area contributed by atoms with E-state index in [1.807, 2.05) is 37.2 Å². The summed E-state index contributed by atoms with van der Waals surface area (Å²) in [5, 5.41) is 11.7. The van der Waals surface area contributed by atoms with Gasteiger partial charge in [-0.25, -0.2) is 4.79 Å². The number of urea groups is 1. The number of halogens is 1. The van der Waals surface area contributed by atoms with Gasteiger partial charge in [-0.3, -0.25) is 0 Å². The van der Waals surface area contributed by atoms with Gasteiger partial charge in [0.2, 0.25) is 0 Å². The summed E-state index contributed by atoms with van der Waals surface area (Å²) in [6.07, 6.45) is 1.73. The average molecular weight is 361 g/mol. The fraction of sp³-hybridized carbons (Fsp3) is 0.353. The smallest absolute Gasteiger partial charge is 0.322 e. The predicted molar refractivity (Wildman–Crippen MR) is 101 cm³/mol. The lowest BCUT2D eigenvalue weighted by Gasteiger charge is -2.35. The summed E-state index contributed by atoms with van der Waals surface area (Å²) in [4.78, 5) is 18.3. The van der Waals surface area contributed by atoms with E-state index >= 15 is 0 Å². The third-order valence-corrected chi connectivity index (χ3v) is 4.48. The molecule has 2 amide bonds. The van der Waals surface area contributed by atoms with Gasteiger partial charge in [0.1, 0.15) is 0 Å². The number of hydrogen-bond acceptors (Lipinski definition) is 5. The Morgan fingerprint density at radius 2 is 1.92 bits per heavy atom. The zero-order valence-corrected chi connectivity index (χ0v) is 15.1. The van der Waals surface area contributed by atoms with Gasteiger partial charge in [-0.05, 0) is 12.1 Å². The molecule has 0 bridgehead atoms. The number of anilines is 3. The lowest BCUT2D eigenvalue weighted by atomic mass is 10.3. The molecular formula is C17H21ClN6O. The van der Waals surface area contributed by atoms with Gasteiger partial charge in [-0.2, -0.15) is 5.10 Å². The van der Waals surface area contributed by atoms with Gasteiger partial charge in [0.05, 0.1) is 22.6 Å². The lowest BCUT2D eigenvalue weighted by molar-refractivity contribution is 0.208. The SMILES string of the molecule is CN(C)c1cnnc(N2CCN(C(=O)Nc3ccccc3Cl)CC2)c1. The highest BCUT2D eigenvalue weighted by Crippen LogP contribution is 2.22. The van der Waals surface area contributed by atoms with Crippen molar-refractivity contribution in [2.45, 2.75) is 0 Å². The Labute approximate surface area is 152 Å².